The number of hydrazine groups is 1. The van der Waals surface area contributed by atoms with Crippen molar-refractivity contribution in [2.75, 3.05) is 5.32 Å². The molecule has 5 nitrogen and oxygen atoms in total. The second kappa shape index (κ2) is 6.58. The monoisotopic (exact) mass is 289 g/mol. The third-order valence-corrected chi connectivity index (χ3v) is 2.77. The molecule has 0 saturated heterocycles. The van der Waals surface area contributed by atoms with Crippen molar-refractivity contribution in [1.82, 2.24) is 10.9 Å². The molecule has 0 bridgehead atoms. The van der Waals surface area contributed by atoms with Crippen LogP contribution in [0.4, 0.5) is 10.5 Å². The number of urea groups is 1. The number of rotatable bonds is 2. The number of para-hydroxylation sites is 1. The summed E-state index contributed by atoms with van der Waals surface area (Å²) in [5.74, 6) is -0.487. The van der Waals surface area contributed by atoms with Gasteiger partial charge in [-0.3, -0.25) is 10.2 Å². The van der Waals surface area contributed by atoms with Crippen LogP contribution in [0, 0.1) is 0 Å². The number of carbonyl (C=O) groups excluding carboxylic acids is 2. The van der Waals surface area contributed by atoms with Gasteiger partial charge in [-0.2, -0.15) is 0 Å². The summed E-state index contributed by atoms with van der Waals surface area (Å²) in [4.78, 5) is 23.3. The Morgan fingerprint density at radius 2 is 1.50 bits per heavy atom. The van der Waals surface area contributed by atoms with Crippen LogP contribution in [-0.4, -0.2) is 11.9 Å². The van der Waals surface area contributed by atoms with E-state index in [1.807, 2.05) is 6.07 Å². The standard InChI is InChI=1S/C14H12ClN3O2/c15-12-9-5-4-8-11(12)13(19)17-18-14(20)16-10-6-2-1-3-7-10/h1-9H,(H,17,19)(H2,16,18,20). The second-order valence-corrected chi connectivity index (χ2v) is 4.29. The van der Waals surface area contributed by atoms with E-state index in [2.05, 4.69) is 16.2 Å². The van der Waals surface area contributed by atoms with Crippen LogP contribution in [-0.2, 0) is 0 Å². The molecule has 3 amide bonds. The number of hydrogen-bond donors (Lipinski definition) is 3. The highest BCUT2D eigenvalue weighted by Gasteiger charge is 2.10. The lowest BCUT2D eigenvalue weighted by atomic mass is 10.2. The lowest BCUT2D eigenvalue weighted by molar-refractivity contribution is 0.0938. The maximum absolute atomic E-state index is 11.8. The van der Waals surface area contributed by atoms with Crippen molar-refractivity contribution >= 4 is 29.2 Å². The molecule has 0 spiro atoms. The van der Waals surface area contributed by atoms with Gasteiger partial charge in [-0.25, -0.2) is 10.2 Å². The van der Waals surface area contributed by atoms with E-state index < -0.39 is 11.9 Å². The van der Waals surface area contributed by atoms with E-state index in [0.29, 0.717) is 10.7 Å². The Kier molecular flexibility index (Phi) is 4.57. The maximum atomic E-state index is 11.8. The molecule has 2 rings (SSSR count). The molecule has 0 radical (unpaired) electrons. The Morgan fingerprint density at radius 3 is 2.20 bits per heavy atom. The van der Waals surface area contributed by atoms with E-state index >= 15 is 0 Å². The van der Waals surface area contributed by atoms with Gasteiger partial charge in [-0.1, -0.05) is 41.9 Å². The molecular formula is C14H12ClN3O2. The molecule has 6 heteroatoms. The number of hydrogen-bond acceptors (Lipinski definition) is 2. The molecule has 0 aliphatic heterocycles. The smallest absolute Gasteiger partial charge is 0.307 e. The predicted octanol–water partition coefficient (Wildman–Crippen LogP) is 2.81. The molecule has 0 heterocycles. The first-order valence-electron chi connectivity index (χ1n) is 5.84. The van der Waals surface area contributed by atoms with Gasteiger partial charge in [0.15, 0.2) is 0 Å². The third-order valence-electron chi connectivity index (χ3n) is 2.44. The van der Waals surface area contributed by atoms with Gasteiger partial charge in [-0.15, -0.1) is 0 Å². The number of nitrogens with one attached hydrogen (secondary N) is 3. The van der Waals surface area contributed by atoms with Crippen molar-refractivity contribution in [2.45, 2.75) is 0 Å². The molecule has 20 heavy (non-hydrogen) atoms. The fraction of sp³-hybridized carbons (Fsp3) is 0. The lowest BCUT2D eigenvalue weighted by Gasteiger charge is -2.09. The van der Waals surface area contributed by atoms with E-state index in [1.54, 1.807) is 48.5 Å². The van der Waals surface area contributed by atoms with Gasteiger partial charge in [0.05, 0.1) is 10.6 Å². The minimum absolute atomic E-state index is 0.286. The second-order valence-electron chi connectivity index (χ2n) is 3.88. The topological polar surface area (TPSA) is 70.2 Å². The van der Waals surface area contributed by atoms with Crippen molar-refractivity contribution in [3.63, 3.8) is 0 Å². The van der Waals surface area contributed by atoms with Crippen LogP contribution < -0.4 is 16.2 Å². The molecule has 3 N–H and O–H groups in total. The van der Waals surface area contributed by atoms with Crippen molar-refractivity contribution in [2.24, 2.45) is 0 Å². The molecule has 2 aromatic rings. The molecule has 0 unspecified atom stereocenters. The number of benzene rings is 2. The zero-order valence-corrected chi connectivity index (χ0v) is 11.1. The summed E-state index contributed by atoms with van der Waals surface area (Å²) in [6, 6.07) is 14.9. The van der Waals surface area contributed by atoms with Gasteiger partial charge >= 0.3 is 6.03 Å². The molecule has 0 aliphatic carbocycles. The van der Waals surface area contributed by atoms with E-state index in [9.17, 15) is 9.59 Å². The zero-order valence-electron chi connectivity index (χ0n) is 10.4. The van der Waals surface area contributed by atoms with Crippen LogP contribution in [0.2, 0.25) is 5.02 Å². The highest BCUT2D eigenvalue weighted by Crippen LogP contribution is 2.14. The third kappa shape index (κ3) is 3.73. The summed E-state index contributed by atoms with van der Waals surface area (Å²) in [5.41, 5.74) is 5.43. The van der Waals surface area contributed by atoms with Gasteiger partial charge in [0.2, 0.25) is 0 Å². The van der Waals surface area contributed by atoms with Gasteiger partial charge in [0.1, 0.15) is 0 Å². The number of halogens is 1. The van der Waals surface area contributed by atoms with Crippen molar-refractivity contribution in [3.05, 3.63) is 65.2 Å². The molecule has 0 atom stereocenters. The molecule has 0 aromatic heterocycles. The average molecular weight is 290 g/mol. The fourth-order valence-corrected chi connectivity index (χ4v) is 1.73. The largest absolute Gasteiger partial charge is 0.337 e. The van der Waals surface area contributed by atoms with Crippen LogP contribution in [0.5, 0.6) is 0 Å². The SMILES string of the molecule is O=C(NNC(=O)c1ccccc1Cl)Nc1ccccc1. The van der Waals surface area contributed by atoms with Crippen LogP contribution in [0.15, 0.2) is 54.6 Å². The van der Waals surface area contributed by atoms with E-state index in [1.165, 1.54) is 0 Å². The van der Waals surface area contributed by atoms with Crippen LogP contribution in [0.1, 0.15) is 10.4 Å². The predicted molar refractivity (Wildman–Crippen MR) is 77.5 cm³/mol. The molecule has 0 fully saturated rings. The Bertz CT molecular complexity index is 617. The van der Waals surface area contributed by atoms with Gasteiger partial charge < -0.3 is 5.32 Å². The van der Waals surface area contributed by atoms with Crippen LogP contribution in [0.3, 0.4) is 0 Å². The number of carbonyl (C=O) groups is 2. The van der Waals surface area contributed by atoms with Crippen LogP contribution >= 0.6 is 11.6 Å². The average Bonchev–Trinajstić information content (AvgIpc) is 2.46. The molecule has 0 saturated carbocycles. The minimum Gasteiger partial charge on any atom is -0.307 e. The van der Waals surface area contributed by atoms with Gasteiger partial charge in [0.25, 0.3) is 5.91 Å². The van der Waals surface area contributed by atoms with E-state index in [-0.39, 0.29) is 5.56 Å². The summed E-state index contributed by atoms with van der Waals surface area (Å²) in [6.45, 7) is 0. The van der Waals surface area contributed by atoms with Crippen LogP contribution in [0.25, 0.3) is 0 Å². The summed E-state index contributed by atoms with van der Waals surface area (Å²) >= 11 is 5.88. The maximum Gasteiger partial charge on any atom is 0.337 e. The molecule has 2 aromatic carbocycles. The van der Waals surface area contributed by atoms with Gasteiger partial charge in [0, 0.05) is 5.69 Å². The summed E-state index contributed by atoms with van der Waals surface area (Å²) < 4.78 is 0. The van der Waals surface area contributed by atoms with Crippen molar-refractivity contribution in [3.8, 4) is 0 Å². The first kappa shape index (κ1) is 13.9. The summed E-state index contributed by atoms with van der Waals surface area (Å²) in [5, 5.41) is 2.88. The minimum atomic E-state index is -0.545. The Balaban J connectivity index is 1.88. The van der Waals surface area contributed by atoms with E-state index in [0.717, 1.165) is 0 Å². The zero-order chi connectivity index (χ0) is 14.4. The molecule has 102 valence electrons. The lowest BCUT2D eigenvalue weighted by Crippen LogP contribution is -2.44. The number of amides is 3. The Hall–Kier alpha value is -2.53. The fourth-order valence-electron chi connectivity index (χ4n) is 1.51. The summed E-state index contributed by atoms with van der Waals surface area (Å²) in [6.07, 6.45) is 0. The van der Waals surface area contributed by atoms with Gasteiger partial charge in [-0.05, 0) is 24.3 Å². The normalized spacial score (nSPS) is 9.65. The first-order chi connectivity index (χ1) is 9.66. The Labute approximate surface area is 120 Å². The quantitative estimate of drug-likeness (QED) is 0.744. The number of anilines is 1. The van der Waals surface area contributed by atoms with Crippen molar-refractivity contribution in [1.29, 1.82) is 0 Å². The summed E-state index contributed by atoms with van der Waals surface area (Å²) in [7, 11) is 0. The highest BCUT2D eigenvalue weighted by atomic mass is 35.5. The molecule has 0 aliphatic rings. The van der Waals surface area contributed by atoms with E-state index in [4.69, 9.17) is 11.6 Å². The highest BCUT2D eigenvalue weighted by molar-refractivity contribution is 6.33. The van der Waals surface area contributed by atoms with Crippen molar-refractivity contribution < 1.29 is 9.59 Å². The Morgan fingerprint density at radius 1 is 0.850 bits per heavy atom. The molecular weight excluding hydrogens is 278 g/mol. The first-order valence-corrected chi connectivity index (χ1v) is 6.21.